The molecule has 2 amide bonds. The molecule has 0 unspecified atom stereocenters. The molecule has 7 heteroatoms. The first-order chi connectivity index (χ1) is 12.0. The third kappa shape index (κ3) is 6.21. The number of methoxy groups -OCH3 is 1. The van der Waals surface area contributed by atoms with E-state index in [1.165, 1.54) is 7.11 Å². The first-order valence-corrected chi connectivity index (χ1v) is 8.49. The third-order valence-corrected chi connectivity index (χ3v) is 3.86. The number of carbonyl (C=O) groups is 2. The predicted octanol–water partition coefficient (Wildman–Crippen LogP) is 3.47. The number of hydrogen-bond donors (Lipinski definition) is 3. The van der Waals surface area contributed by atoms with Crippen molar-refractivity contribution in [3.8, 4) is 0 Å². The topological polar surface area (TPSA) is 79.5 Å². The molecule has 6 nitrogen and oxygen atoms in total. The van der Waals surface area contributed by atoms with Gasteiger partial charge in [0.1, 0.15) is 12.6 Å². The van der Waals surface area contributed by atoms with Crippen molar-refractivity contribution < 1.29 is 14.3 Å². The number of hydrogen-bond acceptors (Lipinski definition) is 4. The maximum atomic E-state index is 12.2. The molecule has 0 aliphatic carbocycles. The Bertz CT molecular complexity index is 717. The van der Waals surface area contributed by atoms with Crippen LogP contribution in [0.15, 0.2) is 53.0 Å². The first kappa shape index (κ1) is 19.0. The Balaban J connectivity index is 1.88. The Morgan fingerprint density at radius 1 is 0.960 bits per heavy atom. The van der Waals surface area contributed by atoms with Crippen molar-refractivity contribution in [3.05, 3.63) is 53.0 Å². The Hall–Kier alpha value is -2.38. The molecule has 0 aromatic heterocycles. The molecule has 25 heavy (non-hydrogen) atoms. The minimum atomic E-state index is -0.419. The fourth-order valence-corrected chi connectivity index (χ4v) is 2.34. The molecule has 0 saturated carbocycles. The van der Waals surface area contributed by atoms with Gasteiger partial charge in [-0.3, -0.25) is 9.59 Å². The summed E-state index contributed by atoms with van der Waals surface area (Å²) in [6.07, 6.45) is 0. The zero-order valence-corrected chi connectivity index (χ0v) is 15.6. The van der Waals surface area contributed by atoms with E-state index in [0.29, 0.717) is 5.69 Å². The van der Waals surface area contributed by atoms with Gasteiger partial charge >= 0.3 is 0 Å². The molecule has 0 fully saturated rings. The molecule has 0 radical (unpaired) electrons. The fourth-order valence-electron chi connectivity index (χ4n) is 2.08. The lowest BCUT2D eigenvalue weighted by Crippen LogP contribution is -2.31. The normalized spacial score (nSPS) is 11.5. The van der Waals surface area contributed by atoms with Crippen LogP contribution in [-0.4, -0.2) is 31.6 Å². The van der Waals surface area contributed by atoms with E-state index >= 15 is 0 Å². The molecule has 3 N–H and O–H groups in total. The molecule has 2 aromatic rings. The van der Waals surface area contributed by atoms with Crippen LogP contribution in [0.1, 0.15) is 6.92 Å². The maximum Gasteiger partial charge on any atom is 0.250 e. The summed E-state index contributed by atoms with van der Waals surface area (Å²) in [4.78, 5) is 23.7. The van der Waals surface area contributed by atoms with Crippen LogP contribution in [0.4, 0.5) is 17.1 Å². The second-order valence-electron chi connectivity index (χ2n) is 5.42. The molecular formula is C18H20BrN3O3. The van der Waals surface area contributed by atoms with Crippen LogP contribution >= 0.6 is 15.9 Å². The summed E-state index contributed by atoms with van der Waals surface area (Å²) in [5.41, 5.74) is 2.18. The van der Waals surface area contributed by atoms with E-state index in [9.17, 15) is 9.59 Å². The Labute approximate surface area is 155 Å². The van der Waals surface area contributed by atoms with Crippen LogP contribution in [0, 0.1) is 0 Å². The van der Waals surface area contributed by atoms with Gasteiger partial charge in [0.25, 0.3) is 0 Å². The van der Waals surface area contributed by atoms with E-state index in [2.05, 4.69) is 31.9 Å². The number of benzene rings is 2. The number of carbonyl (C=O) groups excluding carboxylic acids is 2. The molecule has 0 aliphatic heterocycles. The molecule has 1 atom stereocenters. The molecule has 0 bridgehead atoms. The van der Waals surface area contributed by atoms with Gasteiger partial charge in [-0.15, -0.1) is 0 Å². The number of rotatable bonds is 7. The van der Waals surface area contributed by atoms with Crippen LogP contribution < -0.4 is 16.0 Å². The van der Waals surface area contributed by atoms with E-state index < -0.39 is 6.04 Å². The lowest BCUT2D eigenvalue weighted by Gasteiger charge is -2.16. The van der Waals surface area contributed by atoms with E-state index in [-0.39, 0.29) is 18.4 Å². The van der Waals surface area contributed by atoms with Crippen molar-refractivity contribution in [2.24, 2.45) is 0 Å². The quantitative estimate of drug-likeness (QED) is 0.658. The van der Waals surface area contributed by atoms with E-state index in [1.807, 2.05) is 24.3 Å². The third-order valence-electron chi connectivity index (χ3n) is 3.33. The molecule has 0 aliphatic rings. The van der Waals surface area contributed by atoms with Gasteiger partial charge in [-0.25, -0.2) is 0 Å². The summed E-state index contributed by atoms with van der Waals surface area (Å²) < 4.78 is 5.72. The minimum Gasteiger partial charge on any atom is -0.375 e. The molecule has 2 rings (SSSR count). The van der Waals surface area contributed by atoms with Gasteiger partial charge in [0.15, 0.2) is 0 Å². The second kappa shape index (κ2) is 9.19. The lowest BCUT2D eigenvalue weighted by atomic mass is 10.2. The molecule has 0 spiro atoms. The number of anilines is 3. The SMILES string of the molecule is COCC(=O)Nc1ccc(N[C@@H](C)C(=O)Nc2ccc(Br)cc2)cc1. The maximum absolute atomic E-state index is 12.2. The van der Waals surface area contributed by atoms with Crippen molar-refractivity contribution in [1.29, 1.82) is 0 Å². The van der Waals surface area contributed by atoms with Crippen LogP contribution in [0.25, 0.3) is 0 Å². The van der Waals surface area contributed by atoms with Gasteiger partial charge in [0.2, 0.25) is 11.8 Å². The average Bonchev–Trinajstić information content (AvgIpc) is 2.59. The zero-order chi connectivity index (χ0) is 18.2. The Morgan fingerprint density at radius 3 is 2.08 bits per heavy atom. The van der Waals surface area contributed by atoms with Gasteiger partial charge in [-0.2, -0.15) is 0 Å². The minimum absolute atomic E-state index is 0.00721. The van der Waals surface area contributed by atoms with Crippen molar-refractivity contribution in [2.75, 3.05) is 29.7 Å². The molecule has 132 valence electrons. The van der Waals surface area contributed by atoms with Gasteiger partial charge in [0, 0.05) is 28.6 Å². The molecular weight excluding hydrogens is 386 g/mol. The average molecular weight is 406 g/mol. The fraction of sp³-hybridized carbons (Fsp3) is 0.222. The summed E-state index contributed by atoms with van der Waals surface area (Å²) >= 11 is 3.36. The van der Waals surface area contributed by atoms with Crippen molar-refractivity contribution in [1.82, 2.24) is 0 Å². The van der Waals surface area contributed by atoms with Crippen LogP contribution in [-0.2, 0) is 14.3 Å². The van der Waals surface area contributed by atoms with E-state index in [0.717, 1.165) is 15.8 Å². The number of ether oxygens (including phenoxy) is 1. The van der Waals surface area contributed by atoms with Crippen molar-refractivity contribution in [3.63, 3.8) is 0 Å². The predicted molar refractivity (Wildman–Crippen MR) is 103 cm³/mol. The highest BCUT2D eigenvalue weighted by atomic mass is 79.9. The number of amides is 2. The number of nitrogens with one attached hydrogen (secondary N) is 3. The van der Waals surface area contributed by atoms with Crippen LogP contribution in [0.5, 0.6) is 0 Å². The smallest absolute Gasteiger partial charge is 0.250 e. The first-order valence-electron chi connectivity index (χ1n) is 7.70. The Kier molecular flexibility index (Phi) is 6.97. The van der Waals surface area contributed by atoms with Gasteiger partial charge in [-0.1, -0.05) is 15.9 Å². The van der Waals surface area contributed by atoms with Crippen molar-refractivity contribution in [2.45, 2.75) is 13.0 Å². The monoisotopic (exact) mass is 405 g/mol. The highest BCUT2D eigenvalue weighted by molar-refractivity contribution is 9.10. The Morgan fingerprint density at radius 2 is 1.48 bits per heavy atom. The van der Waals surface area contributed by atoms with Crippen LogP contribution in [0.2, 0.25) is 0 Å². The number of halogens is 1. The largest absolute Gasteiger partial charge is 0.375 e. The zero-order valence-electron chi connectivity index (χ0n) is 14.0. The summed E-state index contributed by atoms with van der Waals surface area (Å²) in [7, 11) is 1.47. The van der Waals surface area contributed by atoms with Gasteiger partial charge in [-0.05, 0) is 55.5 Å². The summed E-state index contributed by atoms with van der Waals surface area (Å²) in [5, 5.41) is 8.68. The summed E-state index contributed by atoms with van der Waals surface area (Å²) in [6.45, 7) is 1.79. The molecule has 2 aromatic carbocycles. The highest BCUT2D eigenvalue weighted by Gasteiger charge is 2.13. The second-order valence-corrected chi connectivity index (χ2v) is 6.34. The summed E-state index contributed by atoms with van der Waals surface area (Å²) in [5.74, 6) is -0.356. The van der Waals surface area contributed by atoms with E-state index in [4.69, 9.17) is 4.74 Å². The van der Waals surface area contributed by atoms with Crippen molar-refractivity contribution >= 4 is 44.8 Å². The van der Waals surface area contributed by atoms with Gasteiger partial charge in [0.05, 0.1) is 0 Å². The molecule has 0 saturated heterocycles. The lowest BCUT2D eigenvalue weighted by molar-refractivity contribution is -0.119. The highest BCUT2D eigenvalue weighted by Crippen LogP contribution is 2.16. The van der Waals surface area contributed by atoms with Gasteiger partial charge < -0.3 is 20.7 Å². The summed E-state index contributed by atoms with van der Waals surface area (Å²) in [6, 6.07) is 14.1. The molecule has 0 heterocycles. The van der Waals surface area contributed by atoms with Crippen LogP contribution in [0.3, 0.4) is 0 Å². The standard InChI is InChI=1S/C18H20BrN3O3/c1-12(18(24)22-16-5-3-13(19)4-6-16)20-14-7-9-15(10-8-14)21-17(23)11-25-2/h3-10,12,20H,11H2,1-2H3,(H,21,23)(H,22,24)/t12-/m0/s1. The van der Waals surface area contributed by atoms with E-state index in [1.54, 1.807) is 31.2 Å².